The highest BCUT2D eigenvalue weighted by atomic mass is 19.4. The van der Waals surface area contributed by atoms with Crippen molar-refractivity contribution in [3.8, 4) is 0 Å². The maximum absolute atomic E-state index is 11.7. The average Bonchev–Trinajstić information content (AvgIpc) is 2.11. The van der Waals surface area contributed by atoms with Crippen LogP contribution in [0.5, 0.6) is 0 Å². The number of alkyl halides is 3. The van der Waals surface area contributed by atoms with E-state index in [1.54, 1.807) is 6.92 Å². The Hall–Kier alpha value is -0.820. The lowest BCUT2D eigenvalue weighted by molar-refractivity contribution is -0.145. The molecule has 1 unspecified atom stereocenters. The molecule has 0 heterocycles. The first kappa shape index (κ1) is 15.2. The van der Waals surface area contributed by atoms with Gasteiger partial charge in [-0.15, -0.1) is 0 Å². The van der Waals surface area contributed by atoms with Gasteiger partial charge in [-0.05, 0) is 6.92 Å². The zero-order valence-corrected chi connectivity index (χ0v) is 9.01. The fourth-order valence-electron chi connectivity index (χ4n) is 0.983. The minimum absolute atomic E-state index is 0.0606. The van der Waals surface area contributed by atoms with E-state index >= 15 is 0 Å². The monoisotopic (exact) mass is 243 g/mol. The van der Waals surface area contributed by atoms with Crippen LogP contribution in [-0.4, -0.2) is 43.1 Å². The van der Waals surface area contributed by atoms with Gasteiger partial charge in [-0.3, -0.25) is 4.79 Å². The zero-order chi connectivity index (χ0) is 12.6. The molecule has 96 valence electrons. The summed E-state index contributed by atoms with van der Waals surface area (Å²) in [6.45, 7) is 1.51. The fourth-order valence-corrected chi connectivity index (χ4v) is 0.983. The van der Waals surface area contributed by atoms with Crippen LogP contribution in [0.4, 0.5) is 13.2 Å². The molecule has 0 bridgehead atoms. The van der Waals surface area contributed by atoms with Crippen LogP contribution in [0, 0.1) is 0 Å². The van der Waals surface area contributed by atoms with E-state index < -0.39 is 24.7 Å². The number of carbonyl (C=O) groups is 1. The van der Waals surface area contributed by atoms with Crippen LogP contribution in [0.25, 0.3) is 0 Å². The second kappa shape index (κ2) is 7.45. The van der Waals surface area contributed by atoms with Crippen LogP contribution < -0.4 is 5.32 Å². The molecule has 0 saturated heterocycles. The topological polar surface area (TPSA) is 58.6 Å². The van der Waals surface area contributed by atoms with E-state index in [9.17, 15) is 23.1 Å². The third kappa shape index (κ3) is 9.72. The molecule has 0 saturated carbocycles. The number of hydrogen-bond donors (Lipinski definition) is 2. The molecule has 0 aliphatic heterocycles. The Morgan fingerprint density at radius 2 is 2.12 bits per heavy atom. The summed E-state index contributed by atoms with van der Waals surface area (Å²) in [7, 11) is 0. The molecule has 0 spiro atoms. The van der Waals surface area contributed by atoms with E-state index in [0.717, 1.165) is 0 Å². The Kier molecular flexibility index (Phi) is 7.07. The van der Waals surface area contributed by atoms with Gasteiger partial charge in [0, 0.05) is 13.1 Å². The minimum Gasteiger partial charge on any atom is -0.466 e. The molecule has 0 aromatic carbocycles. The van der Waals surface area contributed by atoms with Crippen LogP contribution in [0.2, 0.25) is 0 Å². The van der Waals surface area contributed by atoms with Crippen molar-refractivity contribution in [2.24, 2.45) is 0 Å². The first-order valence-electron chi connectivity index (χ1n) is 4.96. The molecule has 0 aliphatic carbocycles. The summed E-state index contributed by atoms with van der Waals surface area (Å²) in [6.07, 6.45) is -6.40. The predicted molar refractivity (Wildman–Crippen MR) is 50.8 cm³/mol. The van der Waals surface area contributed by atoms with Gasteiger partial charge in [-0.2, -0.15) is 13.2 Å². The van der Waals surface area contributed by atoms with Crippen LogP contribution in [0.3, 0.4) is 0 Å². The summed E-state index contributed by atoms with van der Waals surface area (Å²) >= 11 is 0. The largest absolute Gasteiger partial charge is 0.466 e. The van der Waals surface area contributed by atoms with E-state index in [1.807, 2.05) is 0 Å². The molecule has 0 radical (unpaired) electrons. The second-order valence-electron chi connectivity index (χ2n) is 3.23. The number of carbonyl (C=O) groups excluding carboxylic acids is 1. The Bertz CT molecular complexity index is 209. The molecular formula is C9H16F3NO3. The smallest absolute Gasteiger partial charge is 0.390 e. The zero-order valence-electron chi connectivity index (χ0n) is 9.01. The van der Waals surface area contributed by atoms with Gasteiger partial charge in [0.2, 0.25) is 0 Å². The summed E-state index contributed by atoms with van der Waals surface area (Å²) in [6, 6.07) is 0. The summed E-state index contributed by atoms with van der Waals surface area (Å²) < 4.78 is 39.7. The van der Waals surface area contributed by atoms with Crippen molar-refractivity contribution >= 4 is 5.97 Å². The molecule has 0 aromatic heterocycles. The molecule has 0 aromatic rings. The summed E-state index contributed by atoms with van der Waals surface area (Å²) in [5.41, 5.74) is 0. The van der Waals surface area contributed by atoms with Gasteiger partial charge < -0.3 is 15.2 Å². The SMILES string of the molecule is CCOC(=O)CC(O)CNCCC(F)(F)F. The van der Waals surface area contributed by atoms with Crippen molar-refractivity contribution < 1.29 is 27.8 Å². The standard InChI is InChI=1S/C9H16F3NO3/c1-2-16-8(15)5-7(14)6-13-4-3-9(10,11)12/h7,13-14H,2-6H2,1H3. The van der Waals surface area contributed by atoms with Crippen LogP contribution in [0.15, 0.2) is 0 Å². The van der Waals surface area contributed by atoms with Crippen molar-refractivity contribution in [1.29, 1.82) is 0 Å². The Balaban J connectivity index is 3.51. The van der Waals surface area contributed by atoms with E-state index in [4.69, 9.17) is 0 Å². The number of ether oxygens (including phenoxy) is 1. The quantitative estimate of drug-likeness (QED) is 0.514. The highest BCUT2D eigenvalue weighted by Crippen LogP contribution is 2.18. The molecule has 16 heavy (non-hydrogen) atoms. The first-order valence-corrected chi connectivity index (χ1v) is 4.96. The average molecular weight is 243 g/mol. The fraction of sp³-hybridized carbons (Fsp3) is 0.889. The lowest BCUT2D eigenvalue weighted by atomic mass is 10.2. The van der Waals surface area contributed by atoms with Crippen molar-refractivity contribution in [2.75, 3.05) is 19.7 Å². The highest BCUT2D eigenvalue weighted by molar-refractivity contribution is 5.69. The summed E-state index contributed by atoms with van der Waals surface area (Å²) in [4.78, 5) is 10.9. The van der Waals surface area contributed by atoms with E-state index in [1.165, 1.54) is 0 Å². The van der Waals surface area contributed by atoms with Gasteiger partial charge in [-0.25, -0.2) is 0 Å². The van der Waals surface area contributed by atoms with Gasteiger partial charge in [0.15, 0.2) is 0 Å². The lowest BCUT2D eigenvalue weighted by Crippen LogP contribution is -2.31. The summed E-state index contributed by atoms with van der Waals surface area (Å²) in [5, 5.41) is 11.6. The predicted octanol–water partition coefficient (Wildman–Crippen LogP) is 0.843. The summed E-state index contributed by atoms with van der Waals surface area (Å²) in [5.74, 6) is -0.562. The molecule has 7 heteroatoms. The molecule has 0 fully saturated rings. The van der Waals surface area contributed by atoms with Gasteiger partial charge in [0.05, 0.1) is 25.6 Å². The maximum atomic E-state index is 11.7. The third-order valence-electron chi connectivity index (χ3n) is 1.67. The number of aliphatic hydroxyl groups excluding tert-OH is 1. The van der Waals surface area contributed by atoms with Gasteiger partial charge in [0.25, 0.3) is 0 Å². The molecule has 2 N–H and O–H groups in total. The van der Waals surface area contributed by atoms with E-state index in [-0.39, 0.29) is 26.1 Å². The minimum atomic E-state index is -4.21. The molecule has 0 rings (SSSR count). The Morgan fingerprint density at radius 3 is 2.62 bits per heavy atom. The van der Waals surface area contributed by atoms with Crippen molar-refractivity contribution in [2.45, 2.75) is 32.0 Å². The lowest BCUT2D eigenvalue weighted by Gasteiger charge is -2.11. The molecular weight excluding hydrogens is 227 g/mol. The Morgan fingerprint density at radius 1 is 1.50 bits per heavy atom. The normalized spacial score (nSPS) is 13.6. The van der Waals surface area contributed by atoms with Crippen molar-refractivity contribution in [1.82, 2.24) is 5.32 Å². The van der Waals surface area contributed by atoms with Crippen molar-refractivity contribution in [3.05, 3.63) is 0 Å². The molecule has 4 nitrogen and oxygen atoms in total. The third-order valence-corrected chi connectivity index (χ3v) is 1.67. The first-order chi connectivity index (χ1) is 7.35. The van der Waals surface area contributed by atoms with Gasteiger partial charge in [-0.1, -0.05) is 0 Å². The van der Waals surface area contributed by atoms with E-state index in [0.29, 0.717) is 0 Å². The number of esters is 1. The van der Waals surface area contributed by atoms with Gasteiger partial charge >= 0.3 is 12.1 Å². The van der Waals surface area contributed by atoms with Crippen LogP contribution in [0.1, 0.15) is 19.8 Å². The Labute approximate surface area is 91.8 Å². The number of nitrogens with one attached hydrogen (secondary N) is 1. The van der Waals surface area contributed by atoms with Crippen molar-refractivity contribution in [3.63, 3.8) is 0 Å². The molecule has 0 aliphatic rings. The highest BCUT2D eigenvalue weighted by Gasteiger charge is 2.26. The second-order valence-corrected chi connectivity index (χ2v) is 3.23. The van der Waals surface area contributed by atoms with Crippen LogP contribution >= 0.6 is 0 Å². The van der Waals surface area contributed by atoms with E-state index in [2.05, 4.69) is 10.1 Å². The van der Waals surface area contributed by atoms with Gasteiger partial charge in [0.1, 0.15) is 0 Å². The molecule has 0 amide bonds. The van der Waals surface area contributed by atoms with Crippen LogP contribution in [-0.2, 0) is 9.53 Å². The number of hydrogen-bond acceptors (Lipinski definition) is 4. The number of rotatable bonds is 7. The maximum Gasteiger partial charge on any atom is 0.390 e. The number of aliphatic hydroxyl groups is 1. The number of halogens is 3. The molecule has 1 atom stereocenters.